The highest BCUT2D eigenvalue weighted by atomic mass is 16.2. The van der Waals surface area contributed by atoms with Gasteiger partial charge in [-0.15, -0.1) is 0 Å². The second-order valence-corrected chi connectivity index (χ2v) is 5.97. The van der Waals surface area contributed by atoms with E-state index in [0.29, 0.717) is 0 Å². The summed E-state index contributed by atoms with van der Waals surface area (Å²) in [6, 6.07) is 0.131. The molecule has 0 aromatic heterocycles. The van der Waals surface area contributed by atoms with Crippen LogP contribution >= 0.6 is 0 Å². The third-order valence-electron chi connectivity index (χ3n) is 3.57. The maximum Gasteiger partial charge on any atom is 0.317 e. The molecule has 0 spiro atoms. The normalized spacial score (nSPS) is 16.3. The predicted molar refractivity (Wildman–Crippen MR) is 72.1 cm³/mol. The molecule has 1 heterocycles. The molecule has 1 N–H and O–H groups in total. The lowest BCUT2D eigenvalue weighted by Gasteiger charge is -2.26. The zero-order valence-corrected chi connectivity index (χ0v) is 11.7. The van der Waals surface area contributed by atoms with Crippen LogP contribution in [0.3, 0.4) is 0 Å². The summed E-state index contributed by atoms with van der Waals surface area (Å²) in [7, 11) is 0. The second kappa shape index (κ2) is 6.87. The molecule has 1 aliphatic heterocycles. The van der Waals surface area contributed by atoms with Crippen LogP contribution in [0.1, 0.15) is 59.3 Å². The molecule has 3 nitrogen and oxygen atoms in total. The molecule has 0 unspecified atom stereocenters. The number of likely N-dealkylation sites (tertiary alicyclic amines) is 1. The number of carbonyl (C=O) groups excluding carboxylic acids is 1. The predicted octanol–water partition coefficient (Wildman–Crippen LogP) is 3.40. The fraction of sp³-hybridized carbons (Fsp3) is 0.929. The number of nitrogens with zero attached hydrogens (tertiary/aromatic N) is 1. The number of unbranched alkanes of at least 4 members (excludes halogenated alkanes) is 2. The van der Waals surface area contributed by atoms with Gasteiger partial charge < -0.3 is 10.2 Å². The molecule has 1 aliphatic rings. The maximum absolute atomic E-state index is 11.8. The number of hydrogen-bond donors (Lipinski definition) is 1. The van der Waals surface area contributed by atoms with Crippen LogP contribution in [0.4, 0.5) is 4.79 Å². The Morgan fingerprint density at radius 3 is 2.47 bits per heavy atom. The van der Waals surface area contributed by atoms with Gasteiger partial charge in [-0.05, 0) is 24.7 Å². The van der Waals surface area contributed by atoms with E-state index in [0.717, 1.165) is 32.5 Å². The van der Waals surface area contributed by atoms with Gasteiger partial charge in [-0.25, -0.2) is 4.79 Å². The standard InChI is InChI=1S/C14H28N2O/c1-4-5-6-9-14(2,3)12-15-13(17)16-10-7-8-11-16/h4-12H2,1-3H3,(H,15,17). The van der Waals surface area contributed by atoms with Gasteiger partial charge in [-0.1, -0.05) is 40.0 Å². The molecule has 100 valence electrons. The lowest BCUT2D eigenvalue weighted by Crippen LogP contribution is -2.42. The van der Waals surface area contributed by atoms with Gasteiger partial charge in [0, 0.05) is 19.6 Å². The Hall–Kier alpha value is -0.730. The maximum atomic E-state index is 11.8. The monoisotopic (exact) mass is 240 g/mol. The quantitative estimate of drug-likeness (QED) is 0.709. The van der Waals surface area contributed by atoms with Crippen LogP contribution in [0.15, 0.2) is 0 Å². The number of rotatable bonds is 6. The summed E-state index contributed by atoms with van der Waals surface area (Å²) in [5.74, 6) is 0. The lowest BCUT2D eigenvalue weighted by atomic mass is 9.87. The Morgan fingerprint density at radius 2 is 1.88 bits per heavy atom. The highest BCUT2D eigenvalue weighted by Crippen LogP contribution is 2.22. The van der Waals surface area contributed by atoms with Crippen molar-refractivity contribution in [3.05, 3.63) is 0 Å². The Balaban J connectivity index is 2.20. The Labute approximate surface area is 106 Å². The fourth-order valence-electron chi connectivity index (χ4n) is 2.29. The molecule has 0 saturated carbocycles. The molecule has 2 amide bonds. The van der Waals surface area contributed by atoms with E-state index in [9.17, 15) is 4.79 Å². The van der Waals surface area contributed by atoms with Crippen LogP contribution in [0.25, 0.3) is 0 Å². The molecule has 0 aliphatic carbocycles. The van der Waals surface area contributed by atoms with E-state index in [-0.39, 0.29) is 11.4 Å². The van der Waals surface area contributed by atoms with Crippen molar-refractivity contribution in [3.8, 4) is 0 Å². The Morgan fingerprint density at radius 1 is 1.24 bits per heavy atom. The molecule has 1 fully saturated rings. The van der Waals surface area contributed by atoms with Crippen LogP contribution in [0.5, 0.6) is 0 Å². The average molecular weight is 240 g/mol. The Kier molecular flexibility index (Phi) is 5.79. The molecule has 0 atom stereocenters. The first-order valence-corrected chi connectivity index (χ1v) is 7.08. The van der Waals surface area contributed by atoms with Gasteiger partial charge in [-0.3, -0.25) is 0 Å². The summed E-state index contributed by atoms with van der Waals surface area (Å²) in [6.07, 6.45) is 7.34. The highest BCUT2D eigenvalue weighted by Gasteiger charge is 2.22. The average Bonchev–Trinajstić information content (AvgIpc) is 2.80. The van der Waals surface area contributed by atoms with Gasteiger partial charge in [0.1, 0.15) is 0 Å². The SMILES string of the molecule is CCCCCC(C)(C)CNC(=O)N1CCCC1. The van der Waals surface area contributed by atoms with Crippen molar-refractivity contribution in [3.63, 3.8) is 0 Å². The van der Waals surface area contributed by atoms with Crippen molar-refractivity contribution in [1.29, 1.82) is 0 Å². The second-order valence-electron chi connectivity index (χ2n) is 5.97. The zero-order valence-electron chi connectivity index (χ0n) is 11.7. The highest BCUT2D eigenvalue weighted by molar-refractivity contribution is 5.74. The minimum Gasteiger partial charge on any atom is -0.337 e. The summed E-state index contributed by atoms with van der Waals surface area (Å²) in [5, 5.41) is 3.08. The number of urea groups is 1. The molecular formula is C14H28N2O. The van der Waals surface area contributed by atoms with E-state index in [2.05, 4.69) is 26.1 Å². The van der Waals surface area contributed by atoms with Crippen molar-refractivity contribution in [2.24, 2.45) is 5.41 Å². The summed E-state index contributed by atoms with van der Waals surface area (Å²) in [5.41, 5.74) is 0.227. The van der Waals surface area contributed by atoms with Gasteiger partial charge in [0.05, 0.1) is 0 Å². The summed E-state index contributed by atoms with van der Waals surface area (Å²) >= 11 is 0. The molecule has 0 aromatic carbocycles. The first-order valence-electron chi connectivity index (χ1n) is 7.08. The van der Waals surface area contributed by atoms with Gasteiger partial charge in [-0.2, -0.15) is 0 Å². The van der Waals surface area contributed by atoms with E-state index in [4.69, 9.17) is 0 Å². The largest absolute Gasteiger partial charge is 0.337 e. The summed E-state index contributed by atoms with van der Waals surface area (Å²) < 4.78 is 0. The summed E-state index contributed by atoms with van der Waals surface area (Å²) in [4.78, 5) is 13.8. The molecule has 1 rings (SSSR count). The number of amides is 2. The third-order valence-corrected chi connectivity index (χ3v) is 3.57. The zero-order chi connectivity index (χ0) is 12.7. The van der Waals surface area contributed by atoms with Gasteiger partial charge in [0.2, 0.25) is 0 Å². The Bertz CT molecular complexity index is 232. The van der Waals surface area contributed by atoms with Crippen LogP contribution < -0.4 is 5.32 Å². The fourth-order valence-corrected chi connectivity index (χ4v) is 2.29. The van der Waals surface area contributed by atoms with E-state index >= 15 is 0 Å². The van der Waals surface area contributed by atoms with Crippen molar-refractivity contribution in [2.75, 3.05) is 19.6 Å². The molecule has 0 radical (unpaired) electrons. The first kappa shape index (κ1) is 14.3. The molecule has 17 heavy (non-hydrogen) atoms. The topological polar surface area (TPSA) is 32.3 Å². The van der Waals surface area contributed by atoms with Crippen LogP contribution in [-0.4, -0.2) is 30.6 Å². The van der Waals surface area contributed by atoms with Crippen molar-refractivity contribution < 1.29 is 4.79 Å². The molecular weight excluding hydrogens is 212 g/mol. The van der Waals surface area contributed by atoms with Crippen LogP contribution in [0, 0.1) is 5.41 Å². The van der Waals surface area contributed by atoms with Gasteiger partial charge in [0.25, 0.3) is 0 Å². The number of hydrogen-bond acceptors (Lipinski definition) is 1. The van der Waals surface area contributed by atoms with Gasteiger partial charge in [0.15, 0.2) is 0 Å². The van der Waals surface area contributed by atoms with Gasteiger partial charge >= 0.3 is 6.03 Å². The minimum atomic E-state index is 0.131. The minimum absolute atomic E-state index is 0.131. The van der Waals surface area contributed by atoms with E-state index < -0.39 is 0 Å². The summed E-state index contributed by atoms with van der Waals surface area (Å²) in [6.45, 7) is 9.37. The van der Waals surface area contributed by atoms with E-state index in [1.807, 2.05) is 4.90 Å². The van der Waals surface area contributed by atoms with Crippen molar-refractivity contribution in [1.82, 2.24) is 10.2 Å². The first-order chi connectivity index (χ1) is 8.05. The van der Waals surface area contributed by atoms with E-state index in [1.165, 1.54) is 25.7 Å². The number of nitrogens with one attached hydrogen (secondary N) is 1. The molecule has 3 heteroatoms. The van der Waals surface area contributed by atoms with Crippen LogP contribution in [0.2, 0.25) is 0 Å². The number of carbonyl (C=O) groups is 1. The van der Waals surface area contributed by atoms with Crippen molar-refractivity contribution in [2.45, 2.75) is 59.3 Å². The molecule has 0 bridgehead atoms. The third kappa shape index (κ3) is 5.42. The smallest absolute Gasteiger partial charge is 0.317 e. The molecule has 0 aromatic rings. The lowest BCUT2D eigenvalue weighted by molar-refractivity contribution is 0.200. The van der Waals surface area contributed by atoms with E-state index in [1.54, 1.807) is 0 Å². The molecule has 1 saturated heterocycles. The van der Waals surface area contributed by atoms with Crippen LogP contribution in [-0.2, 0) is 0 Å². The van der Waals surface area contributed by atoms with Crippen molar-refractivity contribution >= 4 is 6.03 Å².